The highest BCUT2D eigenvalue weighted by Crippen LogP contribution is 2.27. The lowest BCUT2D eigenvalue weighted by Gasteiger charge is -2.30. The number of nitrogens with zero attached hydrogens (tertiary/aromatic N) is 8. The first-order chi connectivity index (χ1) is 20.6. The van der Waals surface area contributed by atoms with E-state index in [1.165, 1.54) is 16.9 Å². The number of halogens is 3. The topological polar surface area (TPSA) is 119 Å². The smallest absolute Gasteiger partial charge is 0.381 e. The summed E-state index contributed by atoms with van der Waals surface area (Å²) < 4.78 is 43.1. The van der Waals surface area contributed by atoms with Crippen LogP contribution in [0.3, 0.4) is 0 Å². The highest BCUT2D eigenvalue weighted by molar-refractivity contribution is 5.82. The summed E-state index contributed by atoms with van der Waals surface area (Å²) >= 11 is 0. The summed E-state index contributed by atoms with van der Waals surface area (Å²) in [5, 5.41) is 18.2. The lowest BCUT2D eigenvalue weighted by atomic mass is 10.0. The van der Waals surface area contributed by atoms with Crippen molar-refractivity contribution in [3.05, 3.63) is 71.1 Å². The van der Waals surface area contributed by atoms with Crippen LogP contribution in [0.15, 0.2) is 65.6 Å². The molecule has 0 radical (unpaired) electrons. The summed E-state index contributed by atoms with van der Waals surface area (Å²) in [5.41, 5.74) is 1.92. The van der Waals surface area contributed by atoms with Crippen LogP contribution in [0.2, 0.25) is 0 Å². The lowest BCUT2D eigenvalue weighted by Crippen LogP contribution is -2.39. The Morgan fingerprint density at radius 1 is 1.00 bits per heavy atom. The summed E-state index contributed by atoms with van der Waals surface area (Å²) in [6.07, 6.45) is -0.994. The second-order valence-corrected chi connectivity index (χ2v) is 10.7. The Morgan fingerprint density at radius 3 is 2.40 bits per heavy atom. The number of benzene rings is 2. The van der Waals surface area contributed by atoms with E-state index in [1.54, 1.807) is 31.3 Å². The van der Waals surface area contributed by atoms with Gasteiger partial charge in [-0.05, 0) is 72.8 Å². The number of alkyl halides is 3. The van der Waals surface area contributed by atoms with Gasteiger partial charge in [-0.3, -0.25) is 9.36 Å². The van der Waals surface area contributed by atoms with Crippen molar-refractivity contribution in [3.63, 3.8) is 0 Å². The van der Waals surface area contributed by atoms with Gasteiger partial charge in [0, 0.05) is 53.7 Å². The SMILES string of the molecule is CN1CCCC(Nc2ccc(Nc3ncc4cc(-c5ccc(-c6nnnn6C)cc5)c(=O)n(CC(F)(F)F)c4n3)cc2)C1. The molecular formula is C29H29F3N10O. The summed E-state index contributed by atoms with van der Waals surface area (Å²) in [7, 11) is 3.80. The molecule has 2 aromatic carbocycles. The lowest BCUT2D eigenvalue weighted by molar-refractivity contribution is -0.140. The van der Waals surface area contributed by atoms with Crippen molar-refractivity contribution in [1.82, 2.24) is 39.6 Å². The van der Waals surface area contributed by atoms with Gasteiger partial charge in [0.05, 0.1) is 0 Å². The molecule has 0 bridgehead atoms. The predicted octanol–water partition coefficient (Wildman–Crippen LogP) is 4.46. The summed E-state index contributed by atoms with van der Waals surface area (Å²) in [6.45, 7) is 0.574. The van der Waals surface area contributed by atoms with Gasteiger partial charge in [-0.25, -0.2) is 9.67 Å². The van der Waals surface area contributed by atoms with E-state index >= 15 is 0 Å². The average Bonchev–Trinajstić information content (AvgIpc) is 3.41. The molecular weight excluding hydrogens is 561 g/mol. The molecule has 4 heterocycles. The van der Waals surface area contributed by atoms with E-state index in [2.05, 4.69) is 48.1 Å². The average molecular weight is 591 g/mol. The molecule has 0 amide bonds. The maximum absolute atomic E-state index is 13.7. The third kappa shape index (κ3) is 6.33. The number of tetrazole rings is 1. The number of nitrogens with one attached hydrogen (secondary N) is 2. The van der Waals surface area contributed by atoms with Crippen molar-refractivity contribution in [3.8, 4) is 22.5 Å². The van der Waals surface area contributed by atoms with Gasteiger partial charge < -0.3 is 15.5 Å². The number of likely N-dealkylation sites (N-methyl/N-ethyl adjacent to an activating group) is 1. The molecule has 0 aliphatic carbocycles. The molecule has 1 saturated heterocycles. The molecule has 1 aliphatic rings. The molecule has 43 heavy (non-hydrogen) atoms. The van der Waals surface area contributed by atoms with Crippen LogP contribution in [0.1, 0.15) is 12.8 Å². The Labute approximate surface area is 244 Å². The number of hydrogen-bond acceptors (Lipinski definition) is 9. The van der Waals surface area contributed by atoms with E-state index in [4.69, 9.17) is 0 Å². The van der Waals surface area contributed by atoms with Crippen LogP contribution in [0.25, 0.3) is 33.5 Å². The Hall–Kier alpha value is -4.85. The highest BCUT2D eigenvalue weighted by Gasteiger charge is 2.30. The van der Waals surface area contributed by atoms with Crippen LogP contribution in [-0.2, 0) is 13.6 Å². The standard InChI is InChI=1S/C29H29F3N10O/c1-40-13-3-4-23(16-40)34-21-9-11-22(12-10-21)35-28-33-15-20-14-24(27(43)42(25(20)36-28)17-29(30,31)32)18-5-7-19(8-6-18)26-37-38-39-41(26)2/h5-12,14-15,23,34H,3-4,13,16-17H2,1-2H3,(H,33,35,36). The predicted molar refractivity (Wildman–Crippen MR) is 157 cm³/mol. The summed E-state index contributed by atoms with van der Waals surface area (Å²) in [6, 6.07) is 16.1. The van der Waals surface area contributed by atoms with Crippen LogP contribution >= 0.6 is 0 Å². The van der Waals surface area contributed by atoms with E-state index < -0.39 is 18.3 Å². The molecule has 14 heteroatoms. The number of hydrogen-bond donors (Lipinski definition) is 2. The van der Waals surface area contributed by atoms with Gasteiger partial charge >= 0.3 is 6.18 Å². The van der Waals surface area contributed by atoms with Crippen LogP contribution < -0.4 is 16.2 Å². The Kier molecular flexibility index (Phi) is 7.52. The van der Waals surface area contributed by atoms with Gasteiger partial charge in [-0.2, -0.15) is 18.2 Å². The molecule has 11 nitrogen and oxygen atoms in total. The first-order valence-corrected chi connectivity index (χ1v) is 13.8. The van der Waals surface area contributed by atoms with Gasteiger partial charge in [0.25, 0.3) is 5.56 Å². The number of anilines is 3. The molecule has 1 fully saturated rings. The van der Waals surface area contributed by atoms with Crippen molar-refractivity contribution in [1.29, 1.82) is 0 Å². The molecule has 1 atom stereocenters. The minimum absolute atomic E-state index is 0.0758. The molecule has 0 saturated carbocycles. The van der Waals surface area contributed by atoms with Gasteiger partial charge in [-0.15, -0.1) is 5.10 Å². The van der Waals surface area contributed by atoms with Crippen molar-refractivity contribution < 1.29 is 13.2 Å². The zero-order chi connectivity index (χ0) is 30.1. The van der Waals surface area contributed by atoms with Crippen molar-refractivity contribution in [2.24, 2.45) is 7.05 Å². The Balaban J connectivity index is 1.29. The van der Waals surface area contributed by atoms with Crippen molar-refractivity contribution >= 4 is 28.4 Å². The fourth-order valence-electron chi connectivity index (χ4n) is 5.32. The molecule has 222 valence electrons. The first-order valence-electron chi connectivity index (χ1n) is 13.8. The van der Waals surface area contributed by atoms with Crippen molar-refractivity contribution in [2.75, 3.05) is 30.8 Å². The fourth-order valence-corrected chi connectivity index (χ4v) is 5.32. The first kappa shape index (κ1) is 28.3. The minimum Gasteiger partial charge on any atom is -0.381 e. The van der Waals surface area contributed by atoms with E-state index in [0.29, 0.717) is 38.6 Å². The third-order valence-corrected chi connectivity index (χ3v) is 7.37. The van der Waals surface area contributed by atoms with Crippen molar-refractivity contribution in [2.45, 2.75) is 31.6 Å². The monoisotopic (exact) mass is 590 g/mol. The Morgan fingerprint density at radius 2 is 1.72 bits per heavy atom. The highest BCUT2D eigenvalue weighted by atomic mass is 19.4. The van der Waals surface area contributed by atoms with Gasteiger partial charge in [0.15, 0.2) is 5.82 Å². The number of aryl methyl sites for hydroxylation is 1. The third-order valence-electron chi connectivity index (χ3n) is 7.37. The summed E-state index contributed by atoms with van der Waals surface area (Å²) in [4.78, 5) is 24.4. The maximum atomic E-state index is 13.7. The van der Waals surface area contributed by atoms with Gasteiger partial charge in [-0.1, -0.05) is 24.3 Å². The van der Waals surface area contributed by atoms with Gasteiger partial charge in [0.2, 0.25) is 5.95 Å². The quantitative estimate of drug-likeness (QED) is 0.283. The molecule has 0 spiro atoms. The number of rotatable bonds is 7. The molecule has 1 aliphatic heterocycles. The van der Waals surface area contributed by atoms with Crippen LogP contribution in [0, 0.1) is 0 Å². The second-order valence-electron chi connectivity index (χ2n) is 10.7. The van der Waals surface area contributed by atoms with E-state index in [-0.39, 0.29) is 17.2 Å². The number of pyridine rings is 1. The largest absolute Gasteiger partial charge is 0.406 e. The zero-order valence-electron chi connectivity index (χ0n) is 23.5. The van der Waals surface area contributed by atoms with Crippen LogP contribution in [-0.4, -0.2) is 72.0 Å². The van der Waals surface area contributed by atoms with E-state index in [9.17, 15) is 18.0 Å². The molecule has 3 aromatic heterocycles. The van der Waals surface area contributed by atoms with Gasteiger partial charge in [0.1, 0.15) is 12.2 Å². The number of likely N-dealkylation sites (tertiary alicyclic amines) is 1. The molecule has 1 unspecified atom stereocenters. The number of aromatic nitrogens is 7. The normalized spacial score (nSPS) is 16.0. The van der Waals surface area contributed by atoms with E-state index in [0.717, 1.165) is 31.6 Å². The zero-order valence-corrected chi connectivity index (χ0v) is 23.5. The number of fused-ring (bicyclic) bond motifs is 1. The number of piperidine rings is 1. The summed E-state index contributed by atoms with van der Waals surface area (Å²) in [5.74, 6) is 0.586. The molecule has 5 aromatic rings. The van der Waals surface area contributed by atoms with E-state index in [1.807, 2.05) is 24.3 Å². The minimum atomic E-state index is -4.65. The maximum Gasteiger partial charge on any atom is 0.406 e. The fraction of sp³-hybridized carbons (Fsp3) is 0.310. The van der Waals surface area contributed by atoms with Crippen LogP contribution in [0.5, 0.6) is 0 Å². The van der Waals surface area contributed by atoms with Crippen LogP contribution in [0.4, 0.5) is 30.5 Å². The molecule has 2 N–H and O–H groups in total. The Bertz CT molecular complexity index is 1800. The molecule has 6 rings (SSSR count). The second kappa shape index (κ2) is 11.4.